The number of benzene rings is 1. The highest BCUT2D eigenvalue weighted by molar-refractivity contribution is 7.09. The molecule has 0 aliphatic carbocycles. The third-order valence-corrected chi connectivity index (χ3v) is 3.90. The number of anilines is 1. The van der Waals surface area contributed by atoms with Crippen LogP contribution in [0.5, 0.6) is 0 Å². The summed E-state index contributed by atoms with van der Waals surface area (Å²) in [7, 11) is 0. The van der Waals surface area contributed by atoms with Gasteiger partial charge in [0.2, 0.25) is 0 Å². The molecular formula is C15H20N2S. The van der Waals surface area contributed by atoms with Gasteiger partial charge < -0.3 is 10.6 Å². The predicted molar refractivity (Wildman–Crippen MR) is 80.2 cm³/mol. The lowest BCUT2D eigenvalue weighted by Gasteiger charge is -2.26. The van der Waals surface area contributed by atoms with Gasteiger partial charge in [0.15, 0.2) is 0 Å². The third-order valence-electron chi connectivity index (χ3n) is 3.04. The summed E-state index contributed by atoms with van der Waals surface area (Å²) >= 11 is 1.80. The fraction of sp³-hybridized carbons (Fsp3) is 0.333. The number of nitrogens with two attached hydrogens (primary N) is 1. The Kier molecular flexibility index (Phi) is 4.79. The molecule has 0 fully saturated rings. The second-order valence-corrected chi connectivity index (χ2v) is 5.30. The summed E-state index contributed by atoms with van der Waals surface area (Å²) < 4.78 is 0. The molecular weight excluding hydrogens is 240 g/mol. The van der Waals surface area contributed by atoms with Gasteiger partial charge in [-0.05, 0) is 29.5 Å². The molecule has 1 aromatic heterocycles. The Hall–Kier alpha value is -1.32. The quantitative estimate of drug-likeness (QED) is 0.863. The molecule has 18 heavy (non-hydrogen) atoms. The summed E-state index contributed by atoms with van der Waals surface area (Å²) in [6.45, 7) is 4.73. The first-order chi connectivity index (χ1) is 8.85. The van der Waals surface area contributed by atoms with Crippen LogP contribution in [-0.2, 0) is 13.0 Å². The maximum Gasteiger partial charge on any atom is 0.0523 e. The zero-order valence-corrected chi connectivity index (χ0v) is 11.6. The van der Waals surface area contributed by atoms with Gasteiger partial charge in [0.05, 0.1) is 6.54 Å². The molecule has 0 unspecified atom stereocenters. The number of hydrogen-bond acceptors (Lipinski definition) is 3. The van der Waals surface area contributed by atoms with Crippen LogP contribution >= 0.6 is 11.3 Å². The van der Waals surface area contributed by atoms with Crippen LogP contribution in [-0.4, -0.2) is 13.1 Å². The van der Waals surface area contributed by atoms with E-state index in [4.69, 9.17) is 5.73 Å². The molecule has 0 saturated carbocycles. The zero-order chi connectivity index (χ0) is 12.8. The lowest BCUT2D eigenvalue weighted by molar-refractivity contribution is 0.791. The number of hydrogen-bond donors (Lipinski definition) is 1. The Labute approximate surface area is 113 Å². The third kappa shape index (κ3) is 3.12. The van der Waals surface area contributed by atoms with Crippen molar-refractivity contribution in [3.05, 3.63) is 52.2 Å². The van der Waals surface area contributed by atoms with Crippen molar-refractivity contribution in [3.8, 4) is 0 Å². The molecule has 2 aromatic rings. The number of nitrogens with zero attached hydrogens (tertiary/aromatic N) is 1. The van der Waals surface area contributed by atoms with Gasteiger partial charge in [0, 0.05) is 23.7 Å². The molecule has 96 valence electrons. The summed E-state index contributed by atoms with van der Waals surface area (Å²) in [4.78, 5) is 3.76. The van der Waals surface area contributed by atoms with Crippen molar-refractivity contribution >= 4 is 17.0 Å². The molecule has 0 spiro atoms. The lowest BCUT2D eigenvalue weighted by atomic mass is 10.1. The maximum absolute atomic E-state index is 5.75. The second kappa shape index (κ2) is 6.57. The largest absolute Gasteiger partial charge is 0.365 e. The Morgan fingerprint density at radius 1 is 1.17 bits per heavy atom. The van der Waals surface area contributed by atoms with E-state index in [-0.39, 0.29) is 0 Å². The minimum Gasteiger partial charge on any atom is -0.365 e. The Bertz CT molecular complexity index is 465. The fourth-order valence-corrected chi connectivity index (χ4v) is 2.87. The number of thiophene rings is 1. The molecule has 0 radical (unpaired) electrons. The van der Waals surface area contributed by atoms with Crippen molar-refractivity contribution in [1.29, 1.82) is 0 Å². The van der Waals surface area contributed by atoms with Gasteiger partial charge in [-0.3, -0.25) is 0 Å². The van der Waals surface area contributed by atoms with Gasteiger partial charge in [-0.25, -0.2) is 0 Å². The highest BCUT2D eigenvalue weighted by Gasteiger charge is 2.10. The first kappa shape index (κ1) is 13.1. The number of rotatable bonds is 6. The smallest absolute Gasteiger partial charge is 0.0523 e. The van der Waals surface area contributed by atoms with E-state index in [1.807, 2.05) is 0 Å². The molecule has 1 aromatic carbocycles. The Morgan fingerprint density at radius 3 is 2.67 bits per heavy atom. The van der Waals surface area contributed by atoms with Crippen LogP contribution in [0.2, 0.25) is 0 Å². The molecule has 0 amide bonds. The van der Waals surface area contributed by atoms with E-state index in [0.29, 0.717) is 6.54 Å². The van der Waals surface area contributed by atoms with Crippen LogP contribution in [0.3, 0.4) is 0 Å². The SMILES string of the molecule is CCc1ccccc1N(CCN)Cc1cccs1. The van der Waals surface area contributed by atoms with Gasteiger partial charge in [0.1, 0.15) is 0 Å². The standard InChI is InChI=1S/C15H20N2S/c1-2-13-6-3-4-8-15(13)17(10-9-16)12-14-7-5-11-18-14/h3-8,11H,2,9-10,12,16H2,1H3. The van der Waals surface area contributed by atoms with E-state index in [0.717, 1.165) is 19.5 Å². The van der Waals surface area contributed by atoms with Crippen LogP contribution in [0.1, 0.15) is 17.4 Å². The van der Waals surface area contributed by atoms with Gasteiger partial charge in [0.25, 0.3) is 0 Å². The van der Waals surface area contributed by atoms with E-state index in [1.165, 1.54) is 16.1 Å². The number of aryl methyl sites for hydroxylation is 1. The van der Waals surface area contributed by atoms with Crippen molar-refractivity contribution < 1.29 is 0 Å². The van der Waals surface area contributed by atoms with Crippen LogP contribution in [0.15, 0.2) is 41.8 Å². The normalized spacial score (nSPS) is 10.6. The zero-order valence-electron chi connectivity index (χ0n) is 10.8. The monoisotopic (exact) mass is 260 g/mol. The van der Waals surface area contributed by atoms with Crippen molar-refractivity contribution in [1.82, 2.24) is 0 Å². The van der Waals surface area contributed by atoms with E-state index in [1.54, 1.807) is 11.3 Å². The molecule has 0 aliphatic rings. The molecule has 0 saturated heterocycles. The first-order valence-corrected chi connectivity index (χ1v) is 7.28. The Balaban J connectivity index is 2.23. The van der Waals surface area contributed by atoms with E-state index in [2.05, 4.69) is 53.6 Å². The highest BCUT2D eigenvalue weighted by Crippen LogP contribution is 2.23. The van der Waals surface area contributed by atoms with Gasteiger partial charge in [-0.15, -0.1) is 11.3 Å². The molecule has 2 rings (SSSR count). The highest BCUT2D eigenvalue weighted by atomic mass is 32.1. The minimum absolute atomic E-state index is 0.684. The van der Waals surface area contributed by atoms with Crippen LogP contribution < -0.4 is 10.6 Å². The lowest BCUT2D eigenvalue weighted by Crippen LogP contribution is -2.29. The van der Waals surface area contributed by atoms with Crippen LogP contribution in [0, 0.1) is 0 Å². The number of para-hydroxylation sites is 1. The molecule has 0 aliphatic heterocycles. The van der Waals surface area contributed by atoms with Gasteiger partial charge in [-0.1, -0.05) is 31.2 Å². The molecule has 2 N–H and O–H groups in total. The van der Waals surface area contributed by atoms with E-state index < -0.39 is 0 Å². The molecule has 0 bridgehead atoms. The summed E-state index contributed by atoms with van der Waals surface area (Å²) in [6, 6.07) is 12.9. The van der Waals surface area contributed by atoms with E-state index in [9.17, 15) is 0 Å². The van der Waals surface area contributed by atoms with Crippen LogP contribution in [0.25, 0.3) is 0 Å². The Morgan fingerprint density at radius 2 is 2.00 bits per heavy atom. The summed E-state index contributed by atoms with van der Waals surface area (Å²) in [5.74, 6) is 0. The van der Waals surface area contributed by atoms with Crippen molar-refractivity contribution in [2.75, 3.05) is 18.0 Å². The van der Waals surface area contributed by atoms with Gasteiger partial charge in [-0.2, -0.15) is 0 Å². The van der Waals surface area contributed by atoms with Crippen molar-refractivity contribution in [3.63, 3.8) is 0 Å². The van der Waals surface area contributed by atoms with E-state index >= 15 is 0 Å². The second-order valence-electron chi connectivity index (χ2n) is 4.27. The van der Waals surface area contributed by atoms with Gasteiger partial charge >= 0.3 is 0 Å². The van der Waals surface area contributed by atoms with Crippen molar-refractivity contribution in [2.45, 2.75) is 19.9 Å². The maximum atomic E-state index is 5.75. The average molecular weight is 260 g/mol. The fourth-order valence-electron chi connectivity index (χ4n) is 2.15. The molecule has 3 heteroatoms. The topological polar surface area (TPSA) is 29.3 Å². The summed E-state index contributed by atoms with van der Waals surface area (Å²) in [5.41, 5.74) is 8.46. The minimum atomic E-state index is 0.684. The predicted octanol–water partition coefficient (Wildman–Crippen LogP) is 3.28. The summed E-state index contributed by atoms with van der Waals surface area (Å²) in [5, 5.41) is 2.13. The summed E-state index contributed by atoms with van der Waals surface area (Å²) in [6.07, 6.45) is 1.06. The van der Waals surface area contributed by atoms with Crippen molar-refractivity contribution in [2.24, 2.45) is 5.73 Å². The van der Waals surface area contributed by atoms with Crippen LogP contribution in [0.4, 0.5) is 5.69 Å². The molecule has 1 heterocycles. The average Bonchev–Trinajstić information content (AvgIpc) is 2.91. The first-order valence-electron chi connectivity index (χ1n) is 6.40. The molecule has 2 nitrogen and oxygen atoms in total. The molecule has 0 atom stereocenters.